The first-order chi connectivity index (χ1) is 8.77. The van der Waals surface area contributed by atoms with Crippen LogP contribution in [-0.4, -0.2) is 26.2 Å². The number of nitrogens with one attached hydrogen (secondary N) is 1. The summed E-state index contributed by atoms with van der Waals surface area (Å²) in [5.41, 5.74) is 0.649. The number of rotatable bonds is 1. The Bertz CT molecular complexity index is 326. The van der Waals surface area contributed by atoms with E-state index in [4.69, 9.17) is 11.6 Å². The van der Waals surface area contributed by atoms with Crippen LogP contribution in [0.3, 0.4) is 0 Å². The fourth-order valence-corrected chi connectivity index (χ4v) is 1.80. The fraction of sp³-hybridized carbons (Fsp3) is 0.571. The van der Waals surface area contributed by atoms with Gasteiger partial charge in [-0.05, 0) is 18.2 Å². The van der Waals surface area contributed by atoms with E-state index in [1.54, 1.807) is 12.1 Å². The lowest BCUT2D eigenvalue weighted by Gasteiger charge is -2.29. The van der Waals surface area contributed by atoms with Gasteiger partial charge in [0, 0.05) is 31.2 Å². The van der Waals surface area contributed by atoms with E-state index in [-0.39, 0.29) is 5.82 Å². The Morgan fingerprint density at radius 2 is 1.67 bits per heavy atom. The number of halogens is 2. The average Bonchev–Trinajstić information content (AvgIpc) is 2.44. The molecular weight excluding hydrogens is 251 g/mol. The largest absolute Gasteiger partial charge is 0.367 e. The third kappa shape index (κ3) is 5.23. The zero-order valence-electron chi connectivity index (χ0n) is 11.8. The predicted molar refractivity (Wildman–Crippen MR) is 79.2 cm³/mol. The van der Waals surface area contributed by atoms with Gasteiger partial charge in [-0.25, -0.2) is 4.39 Å². The van der Waals surface area contributed by atoms with Gasteiger partial charge in [-0.3, -0.25) is 0 Å². The molecule has 0 bridgehead atoms. The first-order valence-corrected chi connectivity index (χ1v) is 7.06. The summed E-state index contributed by atoms with van der Waals surface area (Å²) in [5, 5.41) is 3.67. The van der Waals surface area contributed by atoms with Crippen molar-refractivity contribution in [3.8, 4) is 0 Å². The monoisotopic (exact) mass is 274 g/mol. The molecule has 0 unspecified atom stereocenters. The van der Waals surface area contributed by atoms with Crippen LogP contribution < -0.4 is 10.2 Å². The van der Waals surface area contributed by atoms with Gasteiger partial charge in [0.15, 0.2) is 0 Å². The van der Waals surface area contributed by atoms with Crippen molar-refractivity contribution in [3.05, 3.63) is 29.0 Å². The zero-order valence-corrected chi connectivity index (χ0v) is 12.5. The van der Waals surface area contributed by atoms with E-state index in [2.05, 4.69) is 5.32 Å². The lowest BCUT2D eigenvalue weighted by molar-refractivity contribution is 0.566. The van der Waals surface area contributed by atoms with Gasteiger partial charge in [0.25, 0.3) is 0 Å². The number of piperazine rings is 1. The highest BCUT2D eigenvalue weighted by Gasteiger charge is 2.13. The van der Waals surface area contributed by atoms with Crippen LogP contribution in [0.5, 0.6) is 0 Å². The minimum Gasteiger partial charge on any atom is -0.367 e. The molecule has 1 aromatic rings. The van der Waals surface area contributed by atoms with Gasteiger partial charge in [0.1, 0.15) is 5.82 Å². The average molecular weight is 275 g/mol. The van der Waals surface area contributed by atoms with E-state index in [0.717, 1.165) is 26.2 Å². The Kier molecular flexibility index (Phi) is 9.70. The molecule has 4 heteroatoms. The Hall–Kier alpha value is -0.800. The van der Waals surface area contributed by atoms with Gasteiger partial charge in [0.2, 0.25) is 0 Å². The maximum absolute atomic E-state index is 13.5. The third-order valence-electron chi connectivity index (χ3n) is 2.37. The molecule has 0 atom stereocenters. The minimum absolute atomic E-state index is 0.237. The van der Waals surface area contributed by atoms with Crippen LogP contribution in [0.2, 0.25) is 5.02 Å². The summed E-state index contributed by atoms with van der Waals surface area (Å²) in [6.45, 7) is 11.5. The summed E-state index contributed by atoms with van der Waals surface area (Å²) in [4.78, 5) is 2.03. The molecule has 0 saturated carbocycles. The molecule has 1 aromatic carbocycles. The van der Waals surface area contributed by atoms with Gasteiger partial charge < -0.3 is 10.2 Å². The Labute approximate surface area is 115 Å². The number of benzene rings is 1. The molecule has 1 fully saturated rings. The Morgan fingerprint density at radius 3 is 2.17 bits per heavy atom. The normalized spacial score (nSPS) is 14.0. The standard InChI is InChI=1S/C10H12ClFN2.2C2H6/c11-8-1-2-10(9(12)7-8)14-5-3-13-4-6-14;2*1-2/h1-2,7,13H,3-6H2;2*1-2H3. The highest BCUT2D eigenvalue weighted by atomic mass is 35.5. The molecule has 18 heavy (non-hydrogen) atoms. The molecule has 1 N–H and O–H groups in total. The molecule has 2 nitrogen and oxygen atoms in total. The minimum atomic E-state index is -0.237. The molecule has 1 saturated heterocycles. The second kappa shape index (κ2) is 10.2. The summed E-state index contributed by atoms with van der Waals surface area (Å²) >= 11 is 5.69. The van der Waals surface area contributed by atoms with Crippen LogP contribution in [-0.2, 0) is 0 Å². The summed E-state index contributed by atoms with van der Waals surface area (Å²) in [6.07, 6.45) is 0. The van der Waals surface area contributed by atoms with Crippen molar-refractivity contribution >= 4 is 17.3 Å². The Balaban J connectivity index is 0.000000659. The summed E-state index contributed by atoms with van der Waals surface area (Å²) in [7, 11) is 0. The van der Waals surface area contributed by atoms with Crippen LogP contribution in [0.15, 0.2) is 18.2 Å². The number of nitrogens with zero attached hydrogens (tertiary/aromatic N) is 1. The smallest absolute Gasteiger partial charge is 0.147 e. The van der Waals surface area contributed by atoms with Gasteiger partial charge in [-0.1, -0.05) is 39.3 Å². The van der Waals surface area contributed by atoms with Crippen molar-refractivity contribution < 1.29 is 4.39 Å². The first-order valence-electron chi connectivity index (χ1n) is 6.68. The molecule has 0 spiro atoms. The lowest BCUT2D eigenvalue weighted by Crippen LogP contribution is -2.43. The predicted octanol–water partition coefficient (Wildman–Crippen LogP) is 3.94. The number of anilines is 1. The quantitative estimate of drug-likeness (QED) is 0.834. The number of hydrogen-bond acceptors (Lipinski definition) is 2. The maximum Gasteiger partial charge on any atom is 0.147 e. The Morgan fingerprint density at radius 1 is 1.11 bits per heavy atom. The molecule has 1 aliphatic heterocycles. The van der Waals surface area contributed by atoms with E-state index >= 15 is 0 Å². The molecule has 1 aliphatic rings. The highest BCUT2D eigenvalue weighted by Crippen LogP contribution is 2.22. The SMILES string of the molecule is CC.CC.Fc1cc(Cl)ccc1N1CCNCC1. The summed E-state index contributed by atoms with van der Waals surface area (Å²) < 4.78 is 13.5. The molecule has 0 aromatic heterocycles. The lowest BCUT2D eigenvalue weighted by atomic mass is 10.2. The molecule has 1 heterocycles. The molecule has 0 aliphatic carbocycles. The van der Waals surface area contributed by atoms with Crippen LogP contribution in [0, 0.1) is 5.82 Å². The van der Waals surface area contributed by atoms with Crippen molar-refractivity contribution in [3.63, 3.8) is 0 Å². The second-order valence-electron chi connectivity index (χ2n) is 3.33. The topological polar surface area (TPSA) is 15.3 Å². The first kappa shape index (κ1) is 17.2. The molecule has 0 radical (unpaired) electrons. The van der Waals surface area contributed by atoms with Crippen molar-refractivity contribution in [1.29, 1.82) is 0 Å². The van der Waals surface area contributed by atoms with Crippen LogP contribution >= 0.6 is 11.6 Å². The zero-order chi connectivity index (χ0) is 14.0. The summed E-state index contributed by atoms with van der Waals surface area (Å²) in [6, 6.07) is 4.82. The summed E-state index contributed by atoms with van der Waals surface area (Å²) in [5.74, 6) is -0.237. The van der Waals surface area contributed by atoms with Gasteiger partial charge in [0.05, 0.1) is 5.69 Å². The molecule has 0 amide bonds. The maximum atomic E-state index is 13.5. The van der Waals surface area contributed by atoms with E-state index < -0.39 is 0 Å². The van der Waals surface area contributed by atoms with E-state index in [1.807, 2.05) is 32.6 Å². The van der Waals surface area contributed by atoms with Gasteiger partial charge >= 0.3 is 0 Å². The van der Waals surface area contributed by atoms with E-state index in [0.29, 0.717) is 10.7 Å². The van der Waals surface area contributed by atoms with E-state index in [9.17, 15) is 4.39 Å². The van der Waals surface area contributed by atoms with Crippen molar-refractivity contribution in [1.82, 2.24) is 5.32 Å². The van der Waals surface area contributed by atoms with Crippen molar-refractivity contribution in [2.75, 3.05) is 31.1 Å². The van der Waals surface area contributed by atoms with E-state index in [1.165, 1.54) is 6.07 Å². The highest BCUT2D eigenvalue weighted by molar-refractivity contribution is 6.30. The molecular formula is C14H24ClFN2. The third-order valence-corrected chi connectivity index (χ3v) is 2.60. The van der Waals surface area contributed by atoms with Crippen molar-refractivity contribution in [2.45, 2.75) is 27.7 Å². The number of hydrogen-bond donors (Lipinski definition) is 1. The van der Waals surface area contributed by atoms with Gasteiger partial charge in [-0.15, -0.1) is 0 Å². The fourth-order valence-electron chi connectivity index (χ4n) is 1.64. The van der Waals surface area contributed by atoms with Crippen LogP contribution in [0.1, 0.15) is 27.7 Å². The second-order valence-corrected chi connectivity index (χ2v) is 3.77. The molecule has 104 valence electrons. The van der Waals surface area contributed by atoms with Crippen molar-refractivity contribution in [2.24, 2.45) is 0 Å². The molecule has 2 rings (SSSR count). The van der Waals surface area contributed by atoms with Gasteiger partial charge in [-0.2, -0.15) is 0 Å². The van der Waals surface area contributed by atoms with Crippen LogP contribution in [0.4, 0.5) is 10.1 Å². The van der Waals surface area contributed by atoms with Crippen LogP contribution in [0.25, 0.3) is 0 Å².